The van der Waals surface area contributed by atoms with E-state index in [0.717, 1.165) is 18.2 Å². The fourth-order valence-electron chi connectivity index (χ4n) is 2.41. The average molecular weight is 379 g/mol. The van der Waals surface area contributed by atoms with Crippen molar-refractivity contribution in [3.8, 4) is 0 Å². The summed E-state index contributed by atoms with van der Waals surface area (Å²) in [5.74, 6) is -0.804. The maximum absolute atomic E-state index is 12.1. The smallest absolute Gasteiger partial charge is 0.409 e. The molecule has 0 bridgehead atoms. The van der Waals surface area contributed by atoms with Gasteiger partial charge in [0.05, 0.1) is 28.1 Å². The first-order chi connectivity index (χ1) is 12.8. The van der Waals surface area contributed by atoms with Gasteiger partial charge in [0.15, 0.2) is 0 Å². The van der Waals surface area contributed by atoms with Gasteiger partial charge in [-0.2, -0.15) is 5.10 Å². The Morgan fingerprint density at radius 1 is 1.15 bits per heavy atom. The highest BCUT2D eigenvalue weighted by Gasteiger charge is 2.22. The number of likely N-dealkylation sites (tertiary alicyclic amines) is 1. The lowest BCUT2D eigenvalue weighted by Crippen LogP contribution is -2.39. The Bertz CT molecular complexity index is 765. The number of nitro groups is 2. The molecule has 0 saturated carbocycles. The molecular formula is C15H17N5O7. The summed E-state index contributed by atoms with van der Waals surface area (Å²) in [7, 11) is 0. The number of ether oxygens (including phenoxy) is 1. The van der Waals surface area contributed by atoms with E-state index in [9.17, 15) is 29.8 Å². The third-order valence-electron chi connectivity index (χ3n) is 3.77. The summed E-state index contributed by atoms with van der Waals surface area (Å²) < 4.78 is 4.90. The van der Waals surface area contributed by atoms with Gasteiger partial charge >= 0.3 is 6.09 Å². The number of rotatable bonds is 5. The highest BCUT2D eigenvalue weighted by atomic mass is 16.6. The summed E-state index contributed by atoms with van der Waals surface area (Å²) in [5.41, 5.74) is 1.49. The Balaban J connectivity index is 2.04. The van der Waals surface area contributed by atoms with Crippen LogP contribution in [0.5, 0.6) is 0 Å². The number of amides is 2. The van der Waals surface area contributed by atoms with Gasteiger partial charge in [0, 0.05) is 43.8 Å². The Kier molecular flexibility index (Phi) is 6.36. The van der Waals surface area contributed by atoms with Crippen molar-refractivity contribution < 1.29 is 24.2 Å². The lowest BCUT2D eigenvalue weighted by Gasteiger charge is -2.26. The van der Waals surface area contributed by atoms with Crippen molar-refractivity contribution in [1.29, 1.82) is 0 Å². The first kappa shape index (κ1) is 19.8. The van der Waals surface area contributed by atoms with Gasteiger partial charge in [-0.3, -0.25) is 25.0 Å². The first-order valence-corrected chi connectivity index (χ1v) is 8.03. The molecule has 1 aromatic carbocycles. The second kappa shape index (κ2) is 8.69. The normalized spacial score (nSPS) is 13.7. The summed E-state index contributed by atoms with van der Waals surface area (Å²) in [6, 6.07) is 2.64. The molecule has 12 nitrogen and oxygen atoms in total. The Morgan fingerprint density at radius 2 is 1.70 bits per heavy atom. The first-order valence-electron chi connectivity index (χ1n) is 8.03. The molecule has 2 amide bonds. The molecule has 12 heteroatoms. The van der Waals surface area contributed by atoms with Gasteiger partial charge in [-0.1, -0.05) is 0 Å². The van der Waals surface area contributed by atoms with Crippen LogP contribution in [0.1, 0.15) is 30.1 Å². The van der Waals surface area contributed by atoms with Crippen LogP contribution in [0.3, 0.4) is 0 Å². The van der Waals surface area contributed by atoms with Crippen molar-refractivity contribution in [2.75, 3.05) is 19.7 Å². The molecule has 1 saturated heterocycles. The van der Waals surface area contributed by atoms with E-state index in [1.807, 2.05) is 0 Å². The van der Waals surface area contributed by atoms with E-state index in [2.05, 4.69) is 10.5 Å². The van der Waals surface area contributed by atoms with E-state index in [1.54, 1.807) is 6.92 Å². The van der Waals surface area contributed by atoms with Crippen LogP contribution >= 0.6 is 0 Å². The summed E-state index contributed by atoms with van der Waals surface area (Å²) >= 11 is 0. The third kappa shape index (κ3) is 5.20. The van der Waals surface area contributed by atoms with E-state index in [-0.39, 0.29) is 12.2 Å². The number of benzene rings is 1. The number of nitrogens with one attached hydrogen (secondary N) is 1. The average Bonchev–Trinajstić information content (AvgIpc) is 2.66. The SMILES string of the molecule is CCOC(=O)N1CCC(=NNC(=O)c2cc([N+](=O)[O-])cc([N+](=O)[O-])c2)CC1. The minimum atomic E-state index is -0.819. The topological polar surface area (TPSA) is 157 Å². The van der Waals surface area contributed by atoms with Gasteiger partial charge in [-0.25, -0.2) is 10.2 Å². The van der Waals surface area contributed by atoms with Gasteiger partial charge in [-0.05, 0) is 6.92 Å². The molecular weight excluding hydrogens is 362 g/mol. The Labute approximate surface area is 153 Å². The monoisotopic (exact) mass is 379 g/mol. The molecule has 0 radical (unpaired) electrons. The number of carbonyl (C=O) groups excluding carboxylic acids is 2. The third-order valence-corrected chi connectivity index (χ3v) is 3.77. The molecule has 1 aliphatic heterocycles. The van der Waals surface area contributed by atoms with Crippen molar-refractivity contribution in [1.82, 2.24) is 10.3 Å². The van der Waals surface area contributed by atoms with E-state index < -0.39 is 33.2 Å². The van der Waals surface area contributed by atoms with E-state index in [0.29, 0.717) is 31.6 Å². The quantitative estimate of drug-likeness (QED) is 0.604. The maximum atomic E-state index is 12.1. The second-order valence-corrected chi connectivity index (χ2v) is 5.56. The highest BCUT2D eigenvalue weighted by Crippen LogP contribution is 2.22. The molecule has 1 fully saturated rings. The summed E-state index contributed by atoms with van der Waals surface area (Å²) in [6.07, 6.45) is 0.437. The van der Waals surface area contributed by atoms with Crippen LogP contribution in [0.4, 0.5) is 16.2 Å². The summed E-state index contributed by atoms with van der Waals surface area (Å²) in [5, 5.41) is 25.7. The van der Waals surface area contributed by atoms with Gasteiger partial charge in [0.1, 0.15) is 0 Å². The minimum absolute atomic E-state index is 0.246. The zero-order valence-electron chi connectivity index (χ0n) is 14.4. The number of piperidine rings is 1. The number of hydrazone groups is 1. The second-order valence-electron chi connectivity index (χ2n) is 5.56. The van der Waals surface area contributed by atoms with E-state index in [4.69, 9.17) is 4.74 Å². The number of hydrogen-bond acceptors (Lipinski definition) is 8. The fraction of sp³-hybridized carbons (Fsp3) is 0.400. The molecule has 0 unspecified atom stereocenters. The fourth-order valence-corrected chi connectivity index (χ4v) is 2.41. The van der Waals surface area contributed by atoms with Crippen molar-refractivity contribution in [3.05, 3.63) is 44.0 Å². The molecule has 0 atom stereocenters. The number of non-ortho nitro benzene ring substituents is 2. The van der Waals surface area contributed by atoms with E-state index in [1.165, 1.54) is 4.90 Å². The van der Waals surface area contributed by atoms with Crippen LogP contribution in [0.2, 0.25) is 0 Å². The van der Waals surface area contributed by atoms with Crippen molar-refractivity contribution >= 4 is 29.1 Å². The lowest BCUT2D eigenvalue weighted by molar-refractivity contribution is -0.394. The molecule has 2 rings (SSSR count). The van der Waals surface area contributed by atoms with Crippen molar-refractivity contribution in [3.63, 3.8) is 0 Å². The number of hydrogen-bond donors (Lipinski definition) is 1. The van der Waals surface area contributed by atoms with Crippen LogP contribution in [0.15, 0.2) is 23.3 Å². The van der Waals surface area contributed by atoms with Crippen LogP contribution in [-0.4, -0.2) is 52.2 Å². The molecule has 1 heterocycles. The highest BCUT2D eigenvalue weighted by molar-refractivity contribution is 5.97. The standard InChI is InChI=1S/C15H17N5O7/c1-2-27-15(22)18-5-3-11(4-6-18)16-17-14(21)10-7-12(19(23)24)9-13(8-10)20(25)26/h7-9H,2-6H2,1H3,(H,17,21). The van der Waals surface area contributed by atoms with Gasteiger partial charge in [0.25, 0.3) is 17.3 Å². The zero-order valence-corrected chi connectivity index (χ0v) is 14.4. The minimum Gasteiger partial charge on any atom is -0.450 e. The molecule has 1 N–H and O–H groups in total. The van der Waals surface area contributed by atoms with Crippen LogP contribution < -0.4 is 5.43 Å². The predicted molar refractivity (Wildman–Crippen MR) is 92.5 cm³/mol. The lowest BCUT2D eigenvalue weighted by atomic mass is 10.1. The zero-order chi connectivity index (χ0) is 20.0. The number of carbonyl (C=O) groups is 2. The number of nitro benzene ring substituents is 2. The Hall–Kier alpha value is -3.57. The molecule has 27 heavy (non-hydrogen) atoms. The molecule has 1 aliphatic rings. The molecule has 0 aliphatic carbocycles. The predicted octanol–water partition coefficient (Wildman–Crippen LogP) is 1.84. The summed E-state index contributed by atoms with van der Waals surface area (Å²) in [4.78, 5) is 45.4. The van der Waals surface area contributed by atoms with Crippen LogP contribution in [0.25, 0.3) is 0 Å². The molecule has 0 aromatic heterocycles. The summed E-state index contributed by atoms with van der Waals surface area (Å²) in [6.45, 7) is 2.76. The van der Waals surface area contributed by atoms with Gasteiger partial charge < -0.3 is 9.64 Å². The van der Waals surface area contributed by atoms with Gasteiger partial charge in [0.2, 0.25) is 0 Å². The largest absolute Gasteiger partial charge is 0.450 e. The van der Waals surface area contributed by atoms with Crippen LogP contribution in [0, 0.1) is 20.2 Å². The van der Waals surface area contributed by atoms with Crippen LogP contribution in [-0.2, 0) is 4.74 Å². The van der Waals surface area contributed by atoms with E-state index >= 15 is 0 Å². The molecule has 0 spiro atoms. The van der Waals surface area contributed by atoms with Crippen molar-refractivity contribution in [2.24, 2.45) is 5.10 Å². The molecule has 144 valence electrons. The van der Waals surface area contributed by atoms with Gasteiger partial charge in [-0.15, -0.1) is 0 Å². The Morgan fingerprint density at radius 3 is 2.19 bits per heavy atom. The number of nitrogens with zero attached hydrogens (tertiary/aromatic N) is 4. The maximum Gasteiger partial charge on any atom is 0.409 e. The molecule has 1 aromatic rings. The van der Waals surface area contributed by atoms with Crippen molar-refractivity contribution in [2.45, 2.75) is 19.8 Å².